The van der Waals surface area contributed by atoms with Crippen LogP contribution in [0, 0.1) is 5.92 Å². The van der Waals surface area contributed by atoms with E-state index in [0.717, 1.165) is 4.90 Å². The number of benzene rings is 2. The Morgan fingerprint density at radius 1 is 0.893 bits per heavy atom. The molecule has 0 heterocycles. The third-order valence-electron chi connectivity index (χ3n) is 3.71. The van der Waals surface area contributed by atoms with Crippen LogP contribution in [0.4, 0.5) is 0 Å². The first-order valence-corrected chi connectivity index (χ1v) is 8.28. The molecule has 0 aliphatic rings. The van der Waals surface area contributed by atoms with Crippen molar-refractivity contribution in [2.45, 2.75) is 6.10 Å². The van der Waals surface area contributed by atoms with Crippen LogP contribution < -0.4 is 4.74 Å². The fourth-order valence-electron chi connectivity index (χ4n) is 2.32. The fraction of sp³-hybridized carbons (Fsp3) is 0.200. The first-order chi connectivity index (χ1) is 13.3. The summed E-state index contributed by atoms with van der Waals surface area (Å²) in [5.74, 6) is -6.37. The highest BCUT2D eigenvalue weighted by molar-refractivity contribution is 6.03. The molecule has 0 fully saturated rings. The van der Waals surface area contributed by atoms with E-state index in [1.807, 2.05) is 0 Å². The SMILES string of the molecule is CN(C)C(=O)[C@H](C(=O)Oc1ccccc1)[C@@H](OC(=O)c1ccccc1)C(=O)O. The lowest BCUT2D eigenvalue weighted by Gasteiger charge is -2.24. The van der Waals surface area contributed by atoms with Crippen LogP contribution in [-0.4, -0.2) is 54.0 Å². The maximum absolute atomic E-state index is 12.6. The van der Waals surface area contributed by atoms with Gasteiger partial charge in [0, 0.05) is 14.1 Å². The van der Waals surface area contributed by atoms with Gasteiger partial charge in [0.1, 0.15) is 5.75 Å². The zero-order valence-electron chi connectivity index (χ0n) is 15.3. The molecule has 0 saturated heterocycles. The van der Waals surface area contributed by atoms with Gasteiger partial charge in [-0.1, -0.05) is 36.4 Å². The van der Waals surface area contributed by atoms with Gasteiger partial charge in [0.05, 0.1) is 5.56 Å². The lowest BCUT2D eigenvalue weighted by atomic mass is 10.0. The number of para-hydroxylation sites is 1. The summed E-state index contributed by atoms with van der Waals surface area (Å²) in [6.07, 6.45) is -2.06. The number of aliphatic carboxylic acids is 1. The molecule has 8 nitrogen and oxygen atoms in total. The van der Waals surface area contributed by atoms with E-state index < -0.39 is 35.8 Å². The Bertz CT molecular complexity index is 849. The Balaban J connectivity index is 2.31. The van der Waals surface area contributed by atoms with E-state index in [-0.39, 0.29) is 11.3 Å². The number of hydrogen-bond donors (Lipinski definition) is 1. The van der Waals surface area contributed by atoms with Crippen molar-refractivity contribution in [3.63, 3.8) is 0 Å². The topological polar surface area (TPSA) is 110 Å². The van der Waals surface area contributed by atoms with Gasteiger partial charge in [-0.15, -0.1) is 0 Å². The van der Waals surface area contributed by atoms with Crippen LogP contribution in [0.5, 0.6) is 5.75 Å². The van der Waals surface area contributed by atoms with Crippen LogP contribution in [0.15, 0.2) is 60.7 Å². The number of carbonyl (C=O) groups excluding carboxylic acids is 3. The van der Waals surface area contributed by atoms with Crippen molar-refractivity contribution >= 4 is 23.8 Å². The van der Waals surface area contributed by atoms with E-state index in [0.29, 0.717) is 0 Å². The molecule has 0 spiro atoms. The quantitative estimate of drug-likeness (QED) is 0.438. The maximum atomic E-state index is 12.6. The van der Waals surface area contributed by atoms with Gasteiger partial charge in [-0.25, -0.2) is 9.59 Å². The van der Waals surface area contributed by atoms with Gasteiger partial charge < -0.3 is 19.5 Å². The molecule has 1 amide bonds. The number of amides is 1. The summed E-state index contributed by atoms with van der Waals surface area (Å²) in [7, 11) is 2.70. The summed E-state index contributed by atoms with van der Waals surface area (Å²) < 4.78 is 10.1. The largest absolute Gasteiger partial charge is 0.478 e. The Labute approximate surface area is 161 Å². The van der Waals surface area contributed by atoms with E-state index in [4.69, 9.17) is 9.47 Å². The number of carboxylic acids is 1. The minimum Gasteiger partial charge on any atom is -0.478 e. The number of rotatable bonds is 7. The third kappa shape index (κ3) is 5.16. The van der Waals surface area contributed by atoms with Crippen molar-refractivity contribution in [1.29, 1.82) is 0 Å². The number of nitrogens with zero attached hydrogens (tertiary/aromatic N) is 1. The van der Waals surface area contributed by atoms with Gasteiger partial charge in [-0.3, -0.25) is 9.59 Å². The summed E-state index contributed by atoms with van der Waals surface area (Å²) in [4.78, 5) is 50.1. The summed E-state index contributed by atoms with van der Waals surface area (Å²) in [6, 6.07) is 15.5. The predicted octanol–water partition coefficient (Wildman–Crippen LogP) is 1.61. The maximum Gasteiger partial charge on any atom is 0.346 e. The first-order valence-electron chi connectivity index (χ1n) is 8.28. The van der Waals surface area contributed by atoms with E-state index in [2.05, 4.69) is 0 Å². The Morgan fingerprint density at radius 2 is 1.43 bits per heavy atom. The molecule has 0 radical (unpaired) electrons. The van der Waals surface area contributed by atoms with E-state index in [1.165, 1.54) is 38.4 Å². The molecule has 2 aromatic carbocycles. The van der Waals surface area contributed by atoms with Crippen molar-refractivity contribution in [2.75, 3.05) is 14.1 Å². The number of hydrogen-bond acceptors (Lipinski definition) is 6. The van der Waals surface area contributed by atoms with Crippen LogP contribution >= 0.6 is 0 Å². The highest BCUT2D eigenvalue weighted by Crippen LogP contribution is 2.19. The normalized spacial score (nSPS) is 12.4. The zero-order valence-corrected chi connectivity index (χ0v) is 15.3. The lowest BCUT2D eigenvalue weighted by Crippen LogP contribution is -2.48. The van der Waals surface area contributed by atoms with Gasteiger partial charge in [0.15, 0.2) is 5.92 Å². The number of carbonyl (C=O) groups is 4. The second-order valence-electron chi connectivity index (χ2n) is 5.97. The molecule has 2 aromatic rings. The molecule has 0 bridgehead atoms. The predicted molar refractivity (Wildman–Crippen MR) is 97.5 cm³/mol. The van der Waals surface area contributed by atoms with Crippen molar-refractivity contribution in [1.82, 2.24) is 4.90 Å². The van der Waals surface area contributed by atoms with Crippen LogP contribution in [0.3, 0.4) is 0 Å². The second-order valence-corrected chi connectivity index (χ2v) is 5.97. The summed E-state index contributed by atoms with van der Waals surface area (Å²) in [5, 5.41) is 9.53. The average molecular weight is 385 g/mol. The molecule has 0 unspecified atom stereocenters. The van der Waals surface area contributed by atoms with Crippen LogP contribution in [0.2, 0.25) is 0 Å². The highest BCUT2D eigenvalue weighted by Gasteiger charge is 2.44. The van der Waals surface area contributed by atoms with Crippen molar-refractivity contribution in [3.05, 3.63) is 66.2 Å². The van der Waals surface area contributed by atoms with Crippen LogP contribution in [0.25, 0.3) is 0 Å². The summed E-state index contributed by atoms with van der Waals surface area (Å²) in [6.45, 7) is 0. The molecule has 2 atom stereocenters. The van der Waals surface area contributed by atoms with Gasteiger partial charge in [-0.2, -0.15) is 0 Å². The molecule has 28 heavy (non-hydrogen) atoms. The van der Waals surface area contributed by atoms with Gasteiger partial charge in [0.25, 0.3) is 0 Å². The number of ether oxygens (including phenoxy) is 2. The zero-order chi connectivity index (χ0) is 20.7. The average Bonchev–Trinajstić information content (AvgIpc) is 2.68. The van der Waals surface area contributed by atoms with Crippen molar-refractivity contribution < 1.29 is 33.8 Å². The molecule has 2 rings (SSSR count). The minimum atomic E-state index is -2.06. The Hall–Kier alpha value is -3.68. The molecule has 0 aromatic heterocycles. The lowest BCUT2D eigenvalue weighted by molar-refractivity contribution is -0.164. The summed E-state index contributed by atoms with van der Waals surface area (Å²) in [5.41, 5.74) is 0.0845. The van der Waals surface area contributed by atoms with Crippen LogP contribution in [-0.2, 0) is 19.1 Å². The number of carboxylic acid groups (broad SMARTS) is 1. The van der Waals surface area contributed by atoms with Gasteiger partial charge in [0.2, 0.25) is 12.0 Å². The molecule has 0 aliphatic heterocycles. The molecule has 0 aliphatic carbocycles. The van der Waals surface area contributed by atoms with Gasteiger partial charge in [-0.05, 0) is 24.3 Å². The fourth-order valence-corrected chi connectivity index (χ4v) is 2.32. The van der Waals surface area contributed by atoms with E-state index >= 15 is 0 Å². The second kappa shape index (κ2) is 9.31. The third-order valence-corrected chi connectivity index (χ3v) is 3.71. The smallest absolute Gasteiger partial charge is 0.346 e. The first kappa shape index (κ1) is 20.6. The molecule has 1 N–H and O–H groups in total. The highest BCUT2D eigenvalue weighted by atomic mass is 16.6. The van der Waals surface area contributed by atoms with Crippen molar-refractivity contribution in [2.24, 2.45) is 5.92 Å². The van der Waals surface area contributed by atoms with Crippen LogP contribution in [0.1, 0.15) is 10.4 Å². The molecular formula is C20H19NO7. The minimum absolute atomic E-state index is 0.0845. The standard InChI is InChI=1S/C20H19NO7/c1-21(2)17(22)15(20(26)27-14-11-7-4-8-12-14)16(18(23)24)28-19(25)13-9-5-3-6-10-13/h3-12,15-16H,1-2H3,(H,23,24)/t15-,16-/m1/s1. The Morgan fingerprint density at radius 3 is 1.93 bits per heavy atom. The monoisotopic (exact) mass is 385 g/mol. The van der Waals surface area contributed by atoms with Crippen molar-refractivity contribution in [3.8, 4) is 5.75 Å². The van der Waals surface area contributed by atoms with E-state index in [1.54, 1.807) is 36.4 Å². The summed E-state index contributed by atoms with van der Waals surface area (Å²) >= 11 is 0. The number of esters is 2. The van der Waals surface area contributed by atoms with Gasteiger partial charge >= 0.3 is 17.9 Å². The molecule has 146 valence electrons. The van der Waals surface area contributed by atoms with E-state index in [9.17, 15) is 24.3 Å². The molecule has 0 saturated carbocycles. The molecule has 8 heteroatoms. The molecular weight excluding hydrogens is 366 g/mol. The Kier molecular flexibility index (Phi) is 6.86.